The molecule has 0 saturated carbocycles. The maximum atomic E-state index is 17.1. The normalized spacial score (nSPS) is 23.9. The molecular formula is C41H44F2N6O6. The number of benzene rings is 2. The lowest BCUT2D eigenvalue weighted by molar-refractivity contribution is -0.166. The van der Waals surface area contributed by atoms with Crippen molar-refractivity contribution in [1.29, 1.82) is 0 Å². The van der Waals surface area contributed by atoms with Crippen LogP contribution < -0.4 is 9.64 Å². The average molecular weight is 755 g/mol. The lowest BCUT2D eigenvalue weighted by Crippen LogP contribution is -2.56. The van der Waals surface area contributed by atoms with Gasteiger partial charge in [0, 0.05) is 50.1 Å². The van der Waals surface area contributed by atoms with E-state index in [1.807, 2.05) is 11.8 Å². The SMILES string of the molecule is C#Cc1c(F)ccc2cc(O)cc(-c3ncc4c(N5CC6CCC(C5)N6C(=O)OC(C)OC(=O)CCC)nc(OC[C@@]56CCCN5C[C@H](C)C6)nc4c3F)c12. The van der Waals surface area contributed by atoms with Crippen LogP contribution in [-0.4, -0.2) is 98.6 Å². The number of anilines is 1. The molecule has 2 bridgehead atoms. The minimum Gasteiger partial charge on any atom is -0.508 e. The average Bonchev–Trinajstić information content (AvgIpc) is 3.77. The summed E-state index contributed by atoms with van der Waals surface area (Å²) in [5.74, 6) is 1.23. The highest BCUT2D eigenvalue weighted by Crippen LogP contribution is 2.43. The van der Waals surface area contributed by atoms with E-state index >= 15 is 4.39 Å². The first kappa shape index (κ1) is 36.7. The molecule has 288 valence electrons. The summed E-state index contributed by atoms with van der Waals surface area (Å²) >= 11 is 0. The van der Waals surface area contributed by atoms with Gasteiger partial charge in [-0.2, -0.15) is 9.97 Å². The van der Waals surface area contributed by atoms with Gasteiger partial charge in [0.25, 0.3) is 0 Å². The van der Waals surface area contributed by atoms with Gasteiger partial charge >= 0.3 is 18.1 Å². The number of fused-ring (bicyclic) bond motifs is 5. The number of halogens is 2. The maximum absolute atomic E-state index is 17.1. The van der Waals surface area contributed by atoms with Crippen LogP contribution in [-0.2, 0) is 14.3 Å². The molecule has 14 heteroatoms. The Hall–Kier alpha value is -5.29. The summed E-state index contributed by atoms with van der Waals surface area (Å²) in [7, 11) is 0. The molecule has 1 N–H and O–H groups in total. The molecule has 0 radical (unpaired) electrons. The Bertz CT molecular complexity index is 2220. The first-order valence-corrected chi connectivity index (χ1v) is 19.1. The van der Waals surface area contributed by atoms with Gasteiger partial charge in [0.05, 0.1) is 28.6 Å². The summed E-state index contributed by atoms with van der Waals surface area (Å²) in [6.45, 7) is 8.68. The second-order valence-electron chi connectivity index (χ2n) is 15.4. The Labute approximate surface area is 317 Å². The zero-order valence-corrected chi connectivity index (χ0v) is 31.2. The van der Waals surface area contributed by atoms with Crippen molar-refractivity contribution in [1.82, 2.24) is 24.8 Å². The van der Waals surface area contributed by atoms with E-state index in [1.165, 1.54) is 37.4 Å². The number of ether oxygens (including phenoxy) is 3. The first-order valence-electron chi connectivity index (χ1n) is 19.1. The number of nitrogens with zero attached hydrogens (tertiary/aromatic N) is 6. The van der Waals surface area contributed by atoms with E-state index in [-0.39, 0.29) is 63.5 Å². The summed E-state index contributed by atoms with van der Waals surface area (Å²) in [5.41, 5.74) is -0.337. The fourth-order valence-electron chi connectivity index (χ4n) is 9.34. The minimum atomic E-state index is -1.03. The molecule has 2 aromatic heterocycles. The van der Waals surface area contributed by atoms with Gasteiger partial charge in [-0.05, 0) is 74.6 Å². The number of phenolic OH excluding ortho intramolecular Hbond substituents is 1. The second kappa shape index (κ2) is 14.4. The molecule has 4 aromatic rings. The zero-order valence-electron chi connectivity index (χ0n) is 31.2. The number of carbonyl (C=O) groups excluding carboxylic acids is 2. The standard InChI is InChI=1S/C41H44F2N6O6/c1-5-8-33(51)54-24(4)55-40(52)49-26-10-11-27(49)21-47(20-26)38-31-18-44-36(30-16-28(50)15-25-9-12-32(42)29(6-2)34(25)30)35(43)37(31)45-39(46-38)53-22-41-13-7-14-48(41)19-23(3)17-41/h2,9,12,15-16,18,23-24,26-27,50H,5,7-8,10-11,13-14,17,19-22H2,1,3-4H3/t23-,24?,26?,27?,41+/m1/s1. The lowest BCUT2D eigenvalue weighted by Gasteiger charge is -2.41. The molecule has 1 amide bonds. The molecule has 2 aromatic carbocycles. The Morgan fingerprint density at radius 1 is 1.13 bits per heavy atom. The van der Waals surface area contributed by atoms with Gasteiger partial charge in [0.1, 0.15) is 35.2 Å². The van der Waals surface area contributed by atoms with E-state index in [4.69, 9.17) is 25.6 Å². The van der Waals surface area contributed by atoms with Crippen molar-refractivity contribution in [2.24, 2.45) is 5.92 Å². The molecule has 0 spiro atoms. The quantitative estimate of drug-likeness (QED) is 0.114. The summed E-state index contributed by atoms with van der Waals surface area (Å²) in [4.78, 5) is 45.6. The van der Waals surface area contributed by atoms with Crippen LogP contribution >= 0.6 is 0 Å². The van der Waals surface area contributed by atoms with Gasteiger partial charge < -0.3 is 24.2 Å². The highest BCUT2D eigenvalue weighted by molar-refractivity contribution is 6.03. The monoisotopic (exact) mass is 754 g/mol. The first-order chi connectivity index (χ1) is 26.5. The number of aromatic hydroxyl groups is 1. The van der Waals surface area contributed by atoms with Gasteiger partial charge in [0.2, 0.25) is 6.29 Å². The largest absolute Gasteiger partial charge is 0.508 e. The van der Waals surface area contributed by atoms with Crippen molar-refractivity contribution in [3.8, 4) is 35.4 Å². The van der Waals surface area contributed by atoms with E-state index in [0.717, 1.165) is 32.4 Å². The van der Waals surface area contributed by atoms with Crippen molar-refractivity contribution < 1.29 is 37.7 Å². The maximum Gasteiger partial charge on any atom is 0.413 e. The van der Waals surface area contributed by atoms with Crippen molar-refractivity contribution in [3.63, 3.8) is 0 Å². The van der Waals surface area contributed by atoms with Crippen molar-refractivity contribution >= 4 is 39.6 Å². The number of aromatic nitrogens is 3. The highest BCUT2D eigenvalue weighted by atomic mass is 19.1. The molecule has 4 aliphatic rings. The number of terminal acetylenes is 1. The summed E-state index contributed by atoms with van der Waals surface area (Å²) in [6.07, 6.45) is 10.9. The molecule has 3 unspecified atom stereocenters. The van der Waals surface area contributed by atoms with Gasteiger partial charge in [0.15, 0.2) is 5.82 Å². The molecule has 4 aliphatic heterocycles. The van der Waals surface area contributed by atoms with E-state index in [2.05, 4.69) is 27.7 Å². The Morgan fingerprint density at radius 2 is 1.91 bits per heavy atom. The van der Waals surface area contributed by atoms with Crippen molar-refractivity contribution in [2.75, 3.05) is 37.7 Å². The number of hydrogen-bond donors (Lipinski definition) is 1. The van der Waals surface area contributed by atoms with E-state index < -0.39 is 30.0 Å². The van der Waals surface area contributed by atoms with E-state index in [1.54, 1.807) is 4.90 Å². The van der Waals surface area contributed by atoms with Gasteiger partial charge in [-0.3, -0.25) is 19.6 Å². The lowest BCUT2D eigenvalue weighted by atomic mass is 9.92. The van der Waals surface area contributed by atoms with Gasteiger partial charge in [-0.1, -0.05) is 25.8 Å². The molecule has 8 rings (SSSR count). The number of pyridine rings is 1. The Balaban J connectivity index is 1.17. The summed E-state index contributed by atoms with van der Waals surface area (Å²) < 4.78 is 49.3. The van der Waals surface area contributed by atoms with Gasteiger partial charge in [-0.25, -0.2) is 13.6 Å². The predicted molar refractivity (Wildman–Crippen MR) is 200 cm³/mol. The smallest absolute Gasteiger partial charge is 0.413 e. The molecule has 55 heavy (non-hydrogen) atoms. The molecular weight excluding hydrogens is 710 g/mol. The minimum absolute atomic E-state index is 0.00681. The number of amides is 1. The Morgan fingerprint density at radius 3 is 2.65 bits per heavy atom. The van der Waals surface area contributed by atoms with Crippen LogP contribution in [0.2, 0.25) is 0 Å². The number of phenols is 1. The molecule has 4 fully saturated rings. The number of esters is 1. The van der Waals surface area contributed by atoms with E-state index in [9.17, 15) is 19.1 Å². The second-order valence-corrected chi connectivity index (χ2v) is 15.4. The third kappa shape index (κ3) is 6.62. The zero-order chi connectivity index (χ0) is 38.6. The Kier molecular flexibility index (Phi) is 9.61. The van der Waals surface area contributed by atoms with Crippen LogP contribution in [0.3, 0.4) is 0 Å². The van der Waals surface area contributed by atoms with Crippen LogP contribution in [0.5, 0.6) is 11.8 Å². The fourth-order valence-corrected chi connectivity index (χ4v) is 9.34. The number of piperazine rings is 1. The topological polar surface area (TPSA) is 130 Å². The number of rotatable bonds is 9. The molecule has 0 aliphatic carbocycles. The van der Waals surface area contributed by atoms with Crippen LogP contribution in [0.1, 0.15) is 71.3 Å². The van der Waals surface area contributed by atoms with Crippen molar-refractivity contribution in [2.45, 2.75) is 89.6 Å². The predicted octanol–water partition coefficient (Wildman–Crippen LogP) is 6.54. The summed E-state index contributed by atoms with van der Waals surface area (Å²) in [6, 6.07) is 4.93. The molecule has 4 saturated heterocycles. The van der Waals surface area contributed by atoms with Crippen LogP contribution in [0.4, 0.5) is 19.4 Å². The molecule has 6 heterocycles. The van der Waals surface area contributed by atoms with Crippen LogP contribution in [0.25, 0.3) is 32.9 Å². The third-order valence-electron chi connectivity index (χ3n) is 11.6. The van der Waals surface area contributed by atoms with E-state index in [0.29, 0.717) is 61.5 Å². The molecule has 12 nitrogen and oxygen atoms in total. The number of hydrogen-bond acceptors (Lipinski definition) is 11. The fraction of sp³-hybridized carbons (Fsp3) is 0.488. The van der Waals surface area contributed by atoms with Crippen LogP contribution in [0.15, 0.2) is 30.5 Å². The number of carbonyl (C=O) groups is 2. The molecule has 5 atom stereocenters. The van der Waals surface area contributed by atoms with Crippen molar-refractivity contribution in [3.05, 3.63) is 47.7 Å². The highest BCUT2D eigenvalue weighted by Gasteiger charge is 2.48. The van der Waals surface area contributed by atoms with Gasteiger partial charge in [-0.15, -0.1) is 6.42 Å². The van der Waals surface area contributed by atoms with Crippen LogP contribution in [0, 0.1) is 29.9 Å². The third-order valence-corrected chi connectivity index (χ3v) is 11.6. The summed E-state index contributed by atoms with van der Waals surface area (Å²) in [5, 5.41) is 11.6.